The zero-order valence-electron chi connectivity index (χ0n) is 17.2. The molecule has 1 aromatic heterocycles. The summed E-state index contributed by atoms with van der Waals surface area (Å²) in [6, 6.07) is 14.7. The molecule has 7 heteroatoms. The number of sulfonamides is 1. The molecule has 160 valence electrons. The van der Waals surface area contributed by atoms with Crippen molar-refractivity contribution < 1.29 is 18.3 Å². The first kappa shape index (κ1) is 21.2. The molecule has 1 aliphatic carbocycles. The van der Waals surface area contributed by atoms with Gasteiger partial charge in [-0.25, -0.2) is 13.1 Å². The monoisotopic (exact) mass is 436 g/mol. The lowest BCUT2D eigenvalue weighted by molar-refractivity contribution is -0.136. The normalized spacial score (nSPS) is 15.6. The van der Waals surface area contributed by atoms with Crippen molar-refractivity contribution in [3.8, 4) is 11.1 Å². The standard InChI is InChI=1S/C24H24N2O4S/c1-16-2-7-22(8-3-16)31(29,30)26-21-13-17-4-5-18(12-20(17)14-21)23-10-11-25-15-19(23)6-9-24(27)28/h2-5,7-8,10-12,15,21,26H,6,9,13-14H2,1H3,(H,27,28). The van der Waals surface area contributed by atoms with Gasteiger partial charge in [0.1, 0.15) is 0 Å². The average Bonchev–Trinajstić information content (AvgIpc) is 3.13. The number of pyridine rings is 1. The molecule has 1 atom stereocenters. The molecule has 0 bridgehead atoms. The molecular formula is C24H24N2O4S. The van der Waals surface area contributed by atoms with E-state index in [1.54, 1.807) is 36.7 Å². The molecule has 0 amide bonds. The van der Waals surface area contributed by atoms with Gasteiger partial charge in [-0.1, -0.05) is 35.9 Å². The van der Waals surface area contributed by atoms with Crippen LogP contribution in [0.1, 0.15) is 28.7 Å². The summed E-state index contributed by atoms with van der Waals surface area (Å²) < 4.78 is 28.3. The predicted molar refractivity (Wildman–Crippen MR) is 118 cm³/mol. The second-order valence-corrected chi connectivity index (χ2v) is 9.66. The number of aryl methyl sites for hydroxylation is 2. The van der Waals surface area contributed by atoms with Crippen molar-refractivity contribution in [2.45, 2.75) is 43.5 Å². The van der Waals surface area contributed by atoms with Gasteiger partial charge in [0.2, 0.25) is 10.0 Å². The van der Waals surface area contributed by atoms with Crippen LogP contribution in [0, 0.1) is 6.92 Å². The SMILES string of the molecule is Cc1ccc(S(=O)(=O)NC2Cc3ccc(-c4ccncc4CCC(=O)O)cc3C2)cc1. The van der Waals surface area contributed by atoms with Crippen LogP contribution >= 0.6 is 0 Å². The molecule has 0 aliphatic heterocycles. The first-order chi connectivity index (χ1) is 14.8. The van der Waals surface area contributed by atoms with Gasteiger partial charge in [-0.15, -0.1) is 0 Å². The Morgan fingerprint density at radius 2 is 1.84 bits per heavy atom. The number of carbonyl (C=O) groups is 1. The number of rotatable bonds is 7. The van der Waals surface area contributed by atoms with Gasteiger partial charge in [-0.3, -0.25) is 9.78 Å². The van der Waals surface area contributed by atoms with Crippen molar-refractivity contribution in [3.05, 3.63) is 83.2 Å². The molecule has 2 N–H and O–H groups in total. The third kappa shape index (κ3) is 4.84. The zero-order chi connectivity index (χ0) is 22.0. The molecule has 6 nitrogen and oxygen atoms in total. The molecule has 0 fully saturated rings. The Morgan fingerprint density at radius 1 is 1.10 bits per heavy atom. The second-order valence-electron chi connectivity index (χ2n) is 7.95. The Kier molecular flexibility index (Phi) is 5.89. The summed E-state index contributed by atoms with van der Waals surface area (Å²) in [5.41, 5.74) is 6.08. The van der Waals surface area contributed by atoms with E-state index in [1.165, 1.54) is 0 Å². The minimum absolute atomic E-state index is 0.0481. The smallest absolute Gasteiger partial charge is 0.303 e. The number of hydrogen-bond donors (Lipinski definition) is 2. The number of nitrogens with zero attached hydrogens (tertiary/aromatic N) is 1. The summed E-state index contributed by atoms with van der Waals surface area (Å²) in [5, 5.41) is 9.00. The maximum Gasteiger partial charge on any atom is 0.303 e. The summed E-state index contributed by atoms with van der Waals surface area (Å²) in [7, 11) is -3.58. The number of benzene rings is 2. The van der Waals surface area contributed by atoms with Crippen LogP contribution in [0.15, 0.2) is 65.8 Å². The van der Waals surface area contributed by atoms with E-state index >= 15 is 0 Å². The van der Waals surface area contributed by atoms with Gasteiger partial charge in [-0.05, 0) is 72.2 Å². The highest BCUT2D eigenvalue weighted by Gasteiger charge is 2.27. The summed E-state index contributed by atoms with van der Waals surface area (Å²) >= 11 is 0. The summed E-state index contributed by atoms with van der Waals surface area (Å²) in [6.07, 6.45) is 5.13. The van der Waals surface area contributed by atoms with Crippen LogP contribution < -0.4 is 4.72 Å². The minimum atomic E-state index is -3.58. The molecule has 31 heavy (non-hydrogen) atoms. The fourth-order valence-electron chi connectivity index (χ4n) is 4.02. The fourth-order valence-corrected chi connectivity index (χ4v) is 5.26. The van der Waals surface area contributed by atoms with Gasteiger partial charge < -0.3 is 5.11 Å². The van der Waals surface area contributed by atoms with Crippen LogP contribution in [0.5, 0.6) is 0 Å². The van der Waals surface area contributed by atoms with E-state index in [9.17, 15) is 13.2 Å². The third-order valence-corrected chi connectivity index (χ3v) is 7.15. The Balaban J connectivity index is 1.53. The van der Waals surface area contributed by atoms with Crippen molar-refractivity contribution >= 4 is 16.0 Å². The zero-order valence-corrected chi connectivity index (χ0v) is 18.0. The van der Waals surface area contributed by atoms with Crippen LogP contribution in [0.4, 0.5) is 0 Å². The fraction of sp³-hybridized carbons (Fsp3) is 0.250. The molecule has 0 saturated heterocycles. The summed E-state index contributed by atoms with van der Waals surface area (Å²) in [4.78, 5) is 15.4. The number of carboxylic acid groups (broad SMARTS) is 1. The molecule has 4 rings (SSSR count). The number of nitrogens with one attached hydrogen (secondary N) is 1. The van der Waals surface area contributed by atoms with Gasteiger partial charge in [0.25, 0.3) is 0 Å². The summed E-state index contributed by atoms with van der Waals surface area (Å²) in [5.74, 6) is -0.840. The van der Waals surface area contributed by atoms with Crippen LogP contribution in [-0.2, 0) is 34.1 Å². The highest BCUT2D eigenvalue weighted by molar-refractivity contribution is 7.89. The van der Waals surface area contributed by atoms with E-state index < -0.39 is 16.0 Å². The Labute approximate surface area is 182 Å². The van der Waals surface area contributed by atoms with Crippen molar-refractivity contribution in [1.29, 1.82) is 0 Å². The molecule has 3 aromatic rings. The predicted octanol–water partition coefficient (Wildman–Crippen LogP) is 3.52. The van der Waals surface area contributed by atoms with Crippen molar-refractivity contribution in [2.75, 3.05) is 0 Å². The minimum Gasteiger partial charge on any atom is -0.481 e. The first-order valence-corrected chi connectivity index (χ1v) is 11.7. The first-order valence-electron chi connectivity index (χ1n) is 10.2. The van der Waals surface area contributed by atoms with Gasteiger partial charge in [-0.2, -0.15) is 0 Å². The lowest BCUT2D eigenvalue weighted by atomic mass is 9.96. The molecular weight excluding hydrogens is 412 g/mol. The van der Waals surface area contributed by atoms with E-state index in [0.717, 1.165) is 33.4 Å². The number of fused-ring (bicyclic) bond motifs is 1. The average molecular weight is 437 g/mol. The van der Waals surface area contributed by atoms with E-state index in [-0.39, 0.29) is 17.4 Å². The number of aliphatic carboxylic acids is 1. The van der Waals surface area contributed by atoms with Gasteiger partial charge >= 0.3 is 5.97 Å². The highest BCUT2D eigenvalue weighted by Crippen LogP contribution is 2.31. The van der Waals surface area contributed by atoms with Crippen LogP contribution in [0.2, 0.25) is 0 Å². The molecule has 0 radical (unpaired) electrons. The topological polar surface area (TPSA) is 96.4 Å². The Hall–Kier alpha value is -3.03. The molecule has 0 saturated carbocycles. The molecule has 1 unspecified atom stereocenters. The summed E-state index contributed by atoms with van der Waals surface area (Å²) in [6.45, 7) is 1.92. The van der Waals surface area contributed by atoms with Gasteiger partial charge in [0.15, 0.2) is 0 Å². The Morgan fingerprint density at radius 3 is 2.58 bits per heavy atom. The van der Waals surface area contributed by atoms with Crippen LogP contribution in [-0.4, -0.2) is 30.5 Å². The largest absolute Gasteiger partial charge is 0.481 e. The quantitative estimate of drug-likeness (QED) is 0.591. The number of hydrogen-bond acceptors (Lipinski definition) is 4. The molecule has 1 aliphatic rings. The van der Waals surface area contributed by atoms with Crippen LogP contribution in [0.25, 0.3) is 11.1 Å². The molecule has 2 aromatic carbocycles. The van der Waals surface area contributed by atoms with Crippen molar-refractivity contribution in [2.24, 2.45) is 0 Å². The number of carboxylic acids is 1. The second kappa shape index (κ2) is 8.61. The van der Waals surface area contributed by atoms with E-state index in [1.807, 2.05) is 25.1 Å². The third-order valence-electron chi connectivity index (χ3n) is 5.61. The maximum atomic E-state index is 12.7. The van der Waals surface area contributed by atoms with Crippen molar-refractivity contribution in [1.82, 2.24) is 9.71 Å². The van der Waals surface area contributed by atoms with E-state index in [4.69, 9.17) is 5.11 Å². The Bertz CT molecular complexity index is 1220. The van der Waals surface area contributed by atoms with E-state index in [0.29, 0.717) is 19.3 Å². The number of aromatic nitrogens is 1. The van der Waals surface area contributed by atoms with Crippen LogP contribution in [0.3, 0.4) is 0 Å². The highest BCUT2D eigenvalue weighted by atomic mass is 32.2. The molecule has 0 spiro atoms. The lowest BCUT2D eigenvalue weighted by Gasteiger charge is -2.12. The lowest BCUT2D eigenvalue weighted by Crippen LogP contribution is -2.35. The molecule has 1 heterocycles. The van der Waals surface area contributed by atoms with Gasteiger partial charge in [0.05, 0.1) is 4.90 Å². The van der Waals surface area contributed by atoms with E-state index in [2.05, 4.69) is 15.8 Å². The van der Waals surface area contributed by atoms with Crippen molar-refractivity contribution in [3.63, 3.8) is 0 Å². The van der Waals surface area contributed by atoms with Gasteiger partial charge in [0, 0.05) is 24.9 Å². The maximum absolute atomic E-state index is 12.7.